The Morgan fingerprint density at radius 3 is 3.30 bits per heavy atom. The van der Waals surface area contributed by atoms with E-state index in [-0.39, 0.29) is 6.10 Å². The number of hydrogen-bond donors (Lipinski definition) is 1. The number of nitrogens with zero attached hydrogens (tertiary/aromatic N) is 5. The molecule has 7 nitrogen and oxygen atoms in total. The molecule has 106 valence electrons. The number of nitrogens with one attached hydrogen (secondary N) is 1. The summed E-state index contributed by atoms with van der Waals surface area (Å²) in [5.41, 5.74) is 3.36. The van der Waals surface area contributed by atoms with Crippen LogP contribution in [0.1, 0.15) is 29.5 Å². The van der Waals surface area contributed by atoms with Gasteiger partial charge in [-0.25, -0.2) is 9.67 Å². The summed E-state index contributed by atoms with van der Waals surface area (Å²) in [6.45, 7) is 5.52. The third kappa shape index (κ3) is 1.94. The first-order chi connectivity index (χ1) is 9.81. The molecule has 0 amide bonds. The number of ether oxygens (including phenoxy) is 1. The fraction of sp³-hybridized carbons (Fsp3) is 0.615. The number of hydrogen-bond acceptors (Lipinski definition) is 5. The lowest BCUT2D eigenvalue weighted by molar-refractivity contribution is -0.0706. The molecule has 0 bridgehead atoms. The molecule has 0 aromatic carbocycles. The maximum absolute atomic E-state index is 5.98. The second-order valence-electron chi connectivity index (χ2n) is 5.58. The number of aromatic amines is 1. The van der Waals surface area contributed by atoms with E-state index in [2.05, 4.69) is 32.1 Å². The minimum Gasteiger partial charge on any atom is -0.368 e. The Labute approximate surface area is 116 Å². The molecule has 2 atom stereocenters. The van der Waals surface area contributed by atoms with Crippen molar-refractivity contribution in [2.75, 3.05) is 13.1 Å². The lowest BCUT2D eigenvalue weighted by Gasteiger charge is -2.40. The molecule has 2 aliphatic rings. The molecular weight excluding hydrogens is 256 g/mol. The quantitative estimate of drug-likeness (QED) is 0.871. The van der Waals surface area contributed by atoms with Crippen LogP contribution in [0.3, 0.4) is 0 Å². The molecule has 1 fully saturated rings. The minimum atomic E-state index is 0.206. The summed E-state index contributed by atoms with van der Waals surface area (Å²) in [4.78, 5) is 9.92. The first-order valence-electron chi connectivity index (χ1n) is 7.03. The number of piperidine rings is 1. The Morgan fingerprint density at radius 2 is 2.45 bits per heavy atom. The first kappa shape index (κ1) is 12.0. The van der Waals surface area contributed by atoms with Crippen molar-refractivity contribution in [3.05, 3.63) is 29.6 Å². The van der Waals surface area contributed by atoms with Gasteiger partial charge in [0, 0.05) is 25.3 Å². The molecule has 2 aliphatic heterocycles. The molecule has 1 N–H and O–H groups in total. The largest absolute Gasteiger partial charge is 0.368 e. The summed E-state index contributed by atoms with van der Waals surface area (Å²) in [6.07, 6.45) is 4.81. The van der Waals surface area contributed by atoms with Crippen LogP contribution in [0, 0.1) is 6.92 Å². The van der Waals surface area contributed by atoms with Gasteiger partial charge < -0.3 is 9.72 Å². The summed E-state index contributed by atoms with van der Waals surface area (Å²) < 4.78 is 8.02. The molecule has 4 heterocycles. The van der Waals surface area contributed by atoms with Gasteiger partial charge in [0.1, 0.15) is 0 Å². The van der Waals surface area contributed by atoms with E-state index >= 15 is 0 Å². The van der Waals surface area contributed by atoms with E-state index in [1.165, 1.54) is 0 Å². The molecule has 0 aliphatic carbocycles. The molecule has 20 heavy (non-hydrogen) atoms. The van der Waals surface area contributed by atoms with Crippen molar-refractivity contribution in [3.8, 4) is 0 Å². The van der Waals surface area contributed by atoms with Crippen LogP contribution in [0.5, 0.6) is 0 Å². The Bertz CT molecular complexity index is 606. The highest BCUT2D eigenvalue weighted by Gasteiger charge is 2.36. The zero-order valence-electron chi connectivity index (χ0n) is 11.5. The second-order valence-corrected chi connectivity index (χ2v) is 5.58. The van der Waals surface area contributed by atoms with E-state index in [1.54, 1.807) is 12.5 Å². The molecular formula is C13H18N6O. The predicted octanol–water partition coefficient (Wildman–Crippen LogP) is 0.655. The van der Waals surface area contributed by atoms with Gasteiger partial charge in [0.25, 0.3) is 0 Å². The maximum Gasteiger partial charge on any atom is 0.0932 e. The van der Waals surface area contributed by atoms with Crippen molar-refractivity contribution in [1.29, 1.82) is 0 Å². The van der Waals surface area contributed by atoms with Crippen LogP contribution in [0.4, 0.5) is 0 Å². The Kier molecular flexibility index (Phi) is 2.82. The van der Waals surface area contributed by atoms with Crippen LogP contribution in [0.15, 0.2) is 12.5 Å². The van der Waals surface area contributed by atoms with Gasteiger partial charge in [-0.3, -0.25) is 4.90 Å². The average Bonchev–Trinajstić information content (AvgIpc) is 3.08. The zero-order chi connectivity index (χ0) is 13.5. The Morgan fingerprint density at radius 1 is 1.50 bits per heavy atom. The summed E-state index contributed by atoms with van der Waals surface area (Å²) >= 11 is 0. The van der Waals surface area contributed by atoms with Crippen molar-refractivity contribution < 1.29 is 4.74 Å². The number of aryl methyl sites for hydroxylation is 1. The average molecular weight is 274 g/mol. The van der Waals surface area contributed by atoms with Crippen LogP contribution in [0.2, 0.25) is 0 Å². The Balaban J connectivity index is 1.48. The van der Waals surface area contributed by atoms with E-state index in [4.69, 9.17) is 4.74 Å². The van der Waals surface area contributed by atoms with Crippen LogP contribution < -0.4 is 0 Å². The highest BCUT2D eigenvalue weighted by molar-refractivity contribution is 5.09. The third-order valence-electron chi connectivity index (χ3n) is 4.32. The highest BCUT2D eigenvalue weighted by Crippen LogP contribution is 2.30. The standard InChI is InChI=1S/C13H18N6O/c1-9-11(15-8-14-9)5-18-3-2-12-13(6-18)20-7-10-4-16-17-19(10)12/h4,8,12-13H,2-3,5-7H2,1H3,(H,14,15)/t12-,13-/m0/s1. The first-order valence-corrected chi connectivity index (χ1v) is 7.03. The number of aromatic nitrogens is 5. The summed E-state index contributed by atoms with van der Waals surface area (Å²) in [5.74, 6) is 0. The van der Waals surface area contributed by atoms with E-state index < -0.39 is 0 Å². The van der Waals surface area contributed by atoms with Gasteiger partial charge in [-0.2, -0.15) is 0 Å². The number of imidazole rings is 1. The fourth-order valence-corrected chi connectivity index (χ4v) is 3.15. The van der Waals surface area contributed by atoms with Gasteiger partial charge in [-0.15, -0.1) is 5.10 Å². The van der Waals surface area contributed by atoms with Gasteiger partial charge in [0.05, 0.1) is 42.7 Å². The smallest absolute Gasteiger partial charge is 0.0932 e. The van der Waals surface area contributed by atoms with Gasteiger partial charge in [0.15, 0.2) is 0 Å². The van der Waals surface area contributed by atoms with Crippen molar-refractivity contribution >= 4 is 0 Å². The molecule has 2 aromatic rings. The Hall–Kier alpha value is -1.73. The van der Waals surface area contributed by atoms with Crippen LogP contribution in [-0.2, 0) is 17.9 Å². The van der Waals surface area contributed by atoms with E-state index in [0.29, 0.717) is 12.6 Å². The van der Waals surface area contributed by atoms with E-state index in [9.17, 15) is 0 Å². The number of fused-ring (bicyclic) bond motifs is 3. The molecule has 4 rings (SSSR count). The van der Waals surface area contributed by atoms with Crippen molar-refractivity contribution in [2.24, 2.45) is 0 Å². The molecule has 0 saturated carbocycles. The van der Waals surface area contributed by atoms with Gasteiger partial charge >= 0.3 is 0 Å². The van der Waals surface area contributed by atoms with Crippen molar-refractivity contribution in [1.82, 2.24) is 29.9 Å². The highest BCUT2D eigenvalue weighted by atomic mass is 16.5. The van der Waals surface area contributed by atoms with Gasteiger partial charge in [-0.1, -0.05) is 5.21 Å². The molecule has 1 saturated heterocycles. The fourth-order valence-electron chi connectivity index (χ4n) is 3.15. The van der Waals surface area contributed by atoms with Crippen molar-refractivity contribution in [2.45, 2.75) is 38.6 Å². The molecule has 0 spiro atoms. The number of likely N-dealkylation sites (tertiary alicyclic amines) is 1. The van der Waals surface area contributed by atoms with Crippen LogP contribution in [0.25, 0.3) is 0 Å². The second kappa shape index (κ2) is 4.68. The SMILES string of the molecule is Cc1[nH]cnc1CN1CC[C@H]2[C@H](C1)OCc1cnnn12. The molecule has 0 radical (unpaired) electrons. The zero-order valence-corrected chi connectivity index (χ0v) is 11.5. The number of rotatable bonds is 2. The van der Waals surface area contributed by atoms with Crippen molar-refractivity contribution in [3.63, 3.8) is 0 Å². The van der Waals surface area contributed by atoms with Gasteiger partial charge in [-0.05, 0) is 13.3 Å². The van der Waals surface area contributed by atoms with Crippen LogP contribution >= 0.6 is 0 Å². The monoisotopic (exact) mass is 274 g/mol. The van der Waals surface area contributed by atoms with Crippen LogP contribution in [-0.4, -0.2) is 49.1 Å². The lowest BCUT2D eigenvalue weighted by Crippen LogP contribution is -2.48. The van der Waals surface area contributed by atoms with E-state index in [0.717, 1.165) is 43.1 Å². The minimum absolute atomic E-state index is 0.206. The summed E-state index contributed by atoms with van der Waals surface area (Å²) in [7, 11) is 0. The topological polar surface area (TPSA) is 71.9 Å². The summed E-state index contributed by atoms with van der Waals surface area (Å²) in [5, 5.41) is 8.20. The predicted molar refractivity (Wildman–Crippen MR) is 70.9 cm³/mol. The normalized spacial score (nSPS) is 26.2. The molecule has 7 heteroatoms. The molecule has 0 unspecified atom stereocenters. The van der Waals surface area contributed by atoms with Gasteiger partial charge in [0.2, 0.25) is 0 Å². The summed E-state index contributed by atoms with van der Waals surface area (Å²) in [6, 6.07) is 0.331. The van der Waals surface area contributed by atoms with E-state index in [1.807, 2.05) is 4.68 Å². The third-order valence-corrected chi connectivity index (χ3v) is 4.32. The lowest BCUT2D eigenvalue weighted by atomic mass is 10.00. The maximum atomic E-state index is 5.98. The molecule has 2 aromatic heterocycles. The number of H-pyrrole nitrogens is 1.